The molecule has 0 saturated heterocycles. The quantitative estimate of drug-likeness (QED) is 0.447. The number of Topliss-reactive ketones (excluding diaryl/α,β-unsaturated/α-hetero) is 3. The summed E-state index contributed by atoms with van der Waals surface area (Å²) in [6, 6.07) is 0. The standard InChI is InChI=1S/C24H28ClFO7/c1-12-7-14-15-9-17(28)16-8-13(27)5-6-21(16,2)23(15,26)18(29)10-22(14,3)24(12,19(30)11-25)33-20(31)32-4/h8,12,14-15H,5-7,9-11H2,1-4H3/t12-,14-,15-,21-,22-,23-,24-/m0/s1. The summed E-state index contributed by atoms with van der Waals surface area (Å²) in [5.41, 5.74) is -6.77. The maximum Gasteiger partial charge on any atom is 0.509 e. The van der Waals surface area contributed by atoms with Crippen molar-refractivity contribution in [3.8, 4) is 0 Å². The first-order valence-electron chi connectivity index (χ1n) is 11.2. The van der Waals surface area contributed by atoms with E-state index in [0.29, 0.717) is 0 Å². The molecule has 0 radical (unpaired) electrons. The van der Waals surface area contributed by atoms with Gasteiger partial charge in [-0.05, 0) is 24.8 Å². The summed E-state index contributed by atoms with van der Waals surface area (Å²) in [5, 5.41) is 0. The van der Waals surface area contributed by atoms with Gasteiger partial charge < -0.3 is 9.47 Å². The van der Waals surface area contributed by atoms with E-state index in [1.54, 1.807) is 20.8 Å². The van der Waals surface area contributed by atoms with E-state index >= 15 is 4.39 Å². The summed E-state index contributed by atoms with van der Waals surface area (Å²) in [4.78, 5) is 64.3. The second-order valence-corrected chi connectivity index (χ2v) is 10.7. The molecule has 0 aromatic heterocycles. The summed E-state index contributed by atoms with van der Waals surface area (Å²) < 4.78 is 27.4. The number of hydrogen-bond donors (Lipinski definition) is 0. The Morgan fingerprint density at radius 3 is 2.48 bits per heavy atom. The molecule has 4 aliphatic carbocycles. The van der Waals surface area contributed by atoms with E-state index in [1.807, 2.05) is 0 Å². The first-order chi connectivity index (χ1) is 15.3. The molecule has 3 saturated carbocycles. The summed E-state index contributed by atoms with van der Waals surface area (Å²) in [5.74, 6) is -4.59. The van der Waals surface area contributed by atoms with Gasteiger partial charge in [-0.1, -0.05) is 20.8 Å². The van der Waals surface area contributed by atoms with Crippen molar-refractivity contribution < 1.29 is 37.8 Å². The molecule has 0 aliphatic heterocycles. The molecule has 0 aromatic rings. The Morgan fingerprint density at radius 1 is 1.21 bits per heavy atom. The van der Waals surface area contributed by atoms with Gasteiger partial charge in [0.25, 0.3) is 0 Å². The molecule has 33 heavy (non-hydrogen) atoms. The summed E-state index contributed by atoms with van der Waals surface area (Å²) in [6.07, 6.45) is -0.130. The molecule has 0 N–H and O–H groups in total. The molecule has 4 rings (SSSR count). The predicted octanol–water partition coefficient (Wildman–Crippen LogP) is 3.54. The third-order valence-corrected chi connectivity index (χ3v) is 9.37. The molecule has 0 spiro atoms. The number of fused-ring (bicyclic) bond motifs is 5. The number of carbonyl (C=O) groups is 5. The fraction of sp³-hybridized carbons (Fsp3) is 0.708. The minimum absolute atomic E-state index is 0.0530. The second-order valence-electron chi connectivity index (χ2n) is 10.4. The number of ether oxygens (including phenoxy) is 2. The van der Waals surface area contributed by atoms with Gasteiger partial charge in [0, 0.05) is 47.5 Å². The molecule has 9 heteroatoms. The third-order valence-electron chi connectivity index (χ3n) is 9.13. The molecule has 0 bridgehead atoms. The average Bonchev–Trinajstić information content (AvgIpc) is 2.98. The van der Waals surface area contributed by atoms with Gasteiger partial charge >= 0.3 is 6.16 Å². The molecule has 180 valence electrons. The van der Waals surface area contributed by atoms with Gasteiger partial charge in [0.05, 0.1) is 13.0 Å². The Balaban J connectivity index is 1.89. The van der Waals surface area contributed by atoms with Crippen LogP contribution < -0.4 is 0 Å². The van der Waals surface area contributed by atoms with Crippen LogP contribution in [-0.4, -0.2) is 53.5 Å². The van der Waals surface area contributed by atoms with Crippen LogP contribution in [0.2, 0.25) is 0 Å². The molecule has 0 heterocycles. The van der Waals surface area contributed by atoms with Crippen molar-refractivity contribution in [3.05, 3.63) is 11.6 Å². The van der Waals surface area contributed by atoms with Crippen molar-refractivity contribution in [1.82, 2.24) is 0 Å². The van der Waals surface area contributed by atoms with Gasteiger partial charge in [-0.3, -0.25) is 19.2 Å². The third kappa shape index (κ3) is 2.76. The van der Waals surface area contributed by atoms with Gasteiger partial charge in [-0.2, -0.15) is 0 Å². The smallest absolute Gasteiger partial charge is 0.438 e. The number of halogens is 2. The topological polar surface area (TPSA) is 104 Å². The highest BCUT2D eigenvalue weighted by Gasteiger charge is 2.78. The predicted molar refractivity (Wildman–Crippen MR) is 114 cm³/mol. The van der Waals surface area contributed by atoms with Crippen LogP contribution in [0.1, 0.15) is 52.9 Å². The van der Waals surface area contributed by atoms with Crippen molar-refractivity contribution in [3.63, 3.8) is 0 Å². The van der Waals surface area contributed by atoms with Crippen molar-refractivity contribution in [1.29, 1.82) is 0 Å². The molecule has 7 nitrogen and oxygen atoms in total. The van der Waals surface area contributed by atoms with Gasteiger partial charge in [0.15, 0.2) is 34.4 Å². The Kier molecular flexibility index (Phi) is 5.43. The number of alkyl halides is 2. The fourth-order valence-electron chi connectivity index (χ4n) is 7.58. The molecule has 7 atom stereocenters. The van der Waals surface area contributed by atoms with Crippen LogP contribution in [0.15, 0.2) is 11.6 Å². The number of rotatable bonds is 3. The fourth-order valence-corrected chi connectivity index (χ4v) is 7.78. The van der Waals surface area contributed by atoms with Crippen molar-refractivity contribution >= 4 is 40.9 Å². The van der Waals surface area contributed by atoms with Gasteiger partial charge in [-0.25, -0.2) is 9.18 Å². The van der Waals surface area contributed by atoms with Gasteiger partial charge in [-0.15, -0.1) is 11.6 Å². The molecule has 0 amide bonds. The number of hydrogen-bond acceptors (Lipinski definition) is 7. The monoisotopic (exact) mass is 482 g/mol. The average molecular weight is 483 g/mol. The highest BCUT2D eigenvalue weighted by molar-refractivity contribution is 6.29. The van der Waals surface area contributed by atoms with Gasteiger partial charge in [0.1, 0.15) is 0 Å². The van der Waals surface area contributed by atoms with Crippen LogP contribution in [0, 0.1) is 28.6 Å². The maximum atomic E-state index is 17.1. The van der Waals surface area contributed by atoms with Crippen LogP contribution in [0.25, 0.3) is 0 Å². The van der Waals surface area contributed by atoms with Crippen LogP contribution >= 0.6 is 11.6 Å². The van der Waals surface area contributed by atoms with E-state index in [1.165, 1.54) is 6.08 Å². The van der Waals surface area contributed by atoms with E-state index < -0.39 is 63.5 Å². The molecule has 0 unspecified atom stereocenters. The maximum absolute atomic E-state index is 17.1. The van der Waals surface area contributed by atoms with Crippen LogP contribution in [0.3, 0.4) is 0 Å². The van der Waals surface area contributed by atoms with E-state index in [9.17, 15) is 24.0 Å². The first kappa shape index (κ1) is 24.0. The minimum atomic E-state index is -2.37. The first-order valence-corrected chi connectivity index (χ1v) is 11.7. The lowest BCUT2D eigenvalue weighted by Crippen LogP contribution is -2.70. The lowest BCUT2D eigenvalue weighted by Gasteiger charge is -2.60. The van der Waals surface area contributed by atoms with Crippen molar-refractivity contribution in [2.75, 3.05) is 13.0 Å². The lowest BCUT2D eigenvalue weighted by molar-refractivity contribution is -0.192. The van der Waals surface area contributed by atoms with Crippen LogP contribution in [0.5, 0.6) is 0 Å². The van der Waals surface area contributed by atoms with E-state index in [4.69, 9.17) is 16.3 Å². The molecule has 3 fully saturated rings. The summed E-state index contributed by atoms with van der Waals surface area (Å²) in [6.45, 7) is 4.91. The SMILES string of the molecule is COC(=O)O[C@]1(C(=O)CCl)[C@@H](C)C[C@H]2[C@@H]3CC(=O)C4=CC(=O)CC[C@]4(C)[C@@]3(F)C(=O)C[C@@]21C. The van der Waals surface area contributed by atoms with E-state index in [2.05, 4.69) is 4.74 Å². The van der Waals surface area contributed by atoms with E-state index in [0.717, 1.165) is 7.11 Å². The Bertz CT molecular complexity index is 1010. The Morgan fingerprint density at radius 2 is 1.88 bits per heavy atom. The number of methoxy groups -OCH3 is 1. The zero-order chi connectivity index (χ0) is 24.6. The van der Waals surface area contributed by atoms with Gasteiger partial charge in [0.2, 0.25) is 0 Å². The molecular weight excluding hydrogens is 455 g/mol. The van der Waals surface area contributed by atoms with E-state index in [-0.39, 0.29) is 49.2 Å². The zero-order valence-electron chi connectivity index (χ0n) is 19.2. The highest BCUT2D eigenvalue weighted by atomic mass is 35.5. The Labute approximate surface area is 196 Å². The minimum Gasteiger partial charge on any atom is -0.438 e. The lowest BCUT2D eigenvalue weighted by atomic mass is 9.44. The van der Waals surface area contributed by atoms with Crippen LogP contribution in [-0.2, 0) is 28.7 Å². The number of carbonyl (C=O) groups excluding carboxylic acids is 5. The molecular formula is C24H28ClFO7. The normalized spacial score (nSPS) is 44.4. The molecule has 4 aliphatic rings. The van der Waals surface area contributed by atoms with Crippen LogP contribution in [0.4, 0.5) is 9.18 Å². The largest absolute Gasteiger partial charge is 0.509 e. The zero-order valence-corrected chi connectivity index (χ0v) is 19.9. The highest BCUT2D eigenvalue weighted by Crippen LogP contribution is 2.70. The number of ketones is 4. The summed E-state index contributed by atoms with van der Waals surface area (Å²) in [7, 11) is 1.11. The second kappa shape index (κ2) is 7.45. The summed E-state index contributed by atoms with van der Waals surface area (Å²) >= 11 is 5.92. The number of allylic oxidation sites excluding steroid dienone is 1. The van der Waals surface area contributed by atoms with Crippen molar-refractivity contribution in [2.45, 2.75) is 64.1 Å². The van der Waals surface area contributed by atoms with Crippen molar-refractivity contribution in [2.24, 2.45) is 28.6 Å². The Hall–Kier alpha value is -2.09. The molecule has 0 aromatic carbocycles.